The number of rotatable bonds is 0. The van der Waals surface area contributed by atoms with E-state index in [9.17, 15) is 0 Å². The van der Waals surface area contributed by atoms with Gasteiger partial charge in [0.25, 0.3) is 0 Å². The SMILES string of the molecule is C1=CC=c2nccc3ccc(n23)=C1. The molecular formula is C11H8N2. The summed E-state index contributed by atoms with van der Waals surface area (Å²) in [5.74, 6) is 0. The number of hydrogen-bond acceptors (Lipinski definition) is 1. The molecule has 62 valence electrons. The van der Waals surface area contributed by atoms with Crippen molar-refractivity contribution in [3.05, 3.63) is 47.4 Å². The van der Waals surface area contributed by atoms with Crippen LogP contribution in [0.5, 0.6) is 0 Å². The number of hydrogen-bond donors (Lipinski definition) is 0. The Morgan fingerprint density at radius 3 is 2.92 bits per heavy atom. The zero-order chi connectivity index (χ0) is 8.67. The highest BCUT2D eigenvalue weighted by Gasteiger charge is 1.96. The maximum atomic E-state index is 4.31. The minimum Gasteiger partial charge on any atom is -0.295 e. The first-order valence-electron chi connectivity index (χ1n) is 4.26. The van der Waals surface area contributed by atoms with Crippen LogP contribution in [-0.2, 0) is 0 Å². The van der Waals surface area contributed by atoms with Gasteiger partial charge in [0.2, 0.25) is 0 Å². The molecular weight excluding hydrogens is 160 g/mol. The van der Waals surface area contributed by atoms with E-state index in [-0.39, 0.29) is 0 Å². The first-order valence-corrected chi connectivity index (χ1v) is 4.26. The molecule has 0 spiro atoms. The van der Waals surface area contributed by atoms with Gasteiger partial charge in [-0.25, -0.2) is 4.98 Å². The van der Waals surface area contributed by atoms with Crippen molar-refractivity contribution in [2.24, 2.45) is 0 Å². The first-order chi connectivity index (χ1) is 6.45. The van der Waals surface area contributed by atoms with Crippen LogP contribution in [0.25, 0.3) is 17.7 Å². The molecule has 13 heavy (non-hydrogen) atoms. The molecule has 0 radical (unpaired) electrons. The van der Waals surface area contributed by atoms with Crippen LogP contribution >= 0.6 is 0 Å². The predicted octanol–water partition coefficient (Wildman–Crippen LogP) is 0.465. The molecule has 0 aromatic carbocycles. The van der Waals surface area contributed by atoms with E-state index in [1.165, 1.54) is 10.9 Å². The van der Waals surface area contributed by atoms with Gasteiger partial charge in [-0.1, -0.05) is 12.2 Å². The van der Waals surface area contributed by atoms with E-state index >= 15 is 0 Å². The monoisotopic (exact) mass is 168 g/mol. The third-order valence-electron chi connectivity index (χ3n) is 2.25. The van der Waals surface area contributed by atoms with Gasteiger partial charge in [0, 0.05) is 17.1 Å². The van der Waals surface area contributed by atoms with Crippen LogP contribution in [0.15, 0.2) is 36.5 Å². The molecule has 0 fully saturated rings. The Bertz CT molecular complexity index is 603. The van der Waals surface area contributed by atoms with Gasteiger partial charge >= 0.3 is 0 Å². The maximum absolute atomic E-state index is 4.31. The summed E-state index contributed by atoms with van der Waals surface area (Å²) in [6, 6.07) is 6.22. The summed E-state index contributed by atoms with van der Waals surface area (Å²) in [5, 5.41) is 1.18. The normalized spacial score (nSPS) is 13.5. The lowest BCUT2D eigenvalue weighted by atomic mass is 10.4. The molecule has 2 aromatic heterocycles. The summed E-state index contributed by atoms with van der Waals surface area (Å²) in [6.45, 7) is 0. The zero-order valence-corrected chi connectivity index (χ0v) is 7.01. The molecule has 3 heterocycles. The fourth-order valence-electron chi connectivity index (χ4n) is 1.65. The molecule has 0 saturated heterocycles. The third-order valence-corrected chi connectivity index (χ3v) is 2.25. The van der Waals surface area contributed by atoms with Crippen molar-refractivity contribution >= 4 is 17.7 Å². The van der Waals surface area contributed by atoms with Crippen LogP contribution in [-0.4, -0.2) is 9.38 Å². The first kappa shape index (κ1) is 6.66. The van der Waals surface area contributed by atoms with E-state index in [0.29, 0.717) is 0 Å². The van der Waals surface area contributed by atoms with Crippen molar-refractivity contribution in [3.63, 3.8) is 0 Å². The topological polar surface area (TPSA) is 17.3 Å². The standard InChI is InChI=1S/C11H8N2/c1-2-4-11-12-8-7-10-6-5-9(3-1)13(10)11/h1-8H. The van der Waals surface area contributed by atoms with E-state index in [1.807, 2.05) is 30.5 Å². The van der Waals surface area contributed by atoms with Crippen molar-refractivity contribution < 1.29 is 0 Å². The van der Waals surface area contributed by atoms with Crippen LogP contribution in [0.1, 0.15) is 0 Å². The molecule has 0 atom stereocenters. The average molecular weight is 168 g/mol. The van der Waals surface area contributed by atoms with Gasteiger partial charge in [0.05, 0.1) is 0 Å². The summed E-state index contributed by atoms with van der Waals surface area (Å²) in [6.07, 6.45) is 9.98. The largest absolute Gasteiger partial charge is 0.295 e. The maximum Gasteiger partial charge on any atom is 0.137 e. The van der Waals surface area contributed by atoms with Gasteiger partial charge in [-0.2, -0.15) is 0 Å². The second-order valence-electron chi connectivity index (χ2n) is 3.04. The van der Waals surface area contributed by atoms with E-state index < -0.39 is 0 Å². The molecule has 2 heteroatoms. The van der Waals surface area contributed by atoms with Gasteiger partial charge in [0.15, 0.2) is 0 Å². The molecule has 3 rings (SSSR count). The molecule has 1 aliphatic heterocycles. The number of aromatic nitrogens is 2. The van der Waals surface area contributed by atoms with Gasteiger partial charge in [-0.05, 0) is 30.4 Å². The molecule has 0 bridgehead atoms. The molecule has 0 amide bonds. The molecule has 0 unspecified atom stereocenters. The van der Waals surface area contributed by atoms with Crippen molar-refractivity contribution in [2.75, 3.05) is 0 Å². The highest BCUT2D eigenvalue weighted by atomic mass is 15.0. The van der Waals surface area contributed by atoms with Crippen LogP contribution < -0.4 is 10.8 Å². The zero-order valence-electron chi connectivity index (χ0n) is 7.01. The van der Waals surface area contributed by atoms with Crippen LogP contribution in [0.3, 0.4) is 0 Å². The minimum atomic E-state index is 0.988. The highest BCUT2D eigenvalue weighted by Crippen LogP contribution is 1.95. The Labute approximate surface area is 75.2 Å². The Balaban J connectivity index is 2.76. The van der Waals surface area contributed by atoms with Crippen molar-refractivity contribution in [2.45, 2.75) is 0 Å². The predicted molar refractivity (Wildman–Crippen MR) is 52.5 cm³/mol. The molecule has 2 aromatic rings. The quantitative estimate of drug-likeness (QED) is 0.558. The Hall–Kier alpha value is -1.83. The number of allylic oxidation sites excluding steroid dienone is 2. The molecule has 0 aliphatic carbocycles. The second kappa shape index (κ2) is 2.33. The van der Waals surface area contributed by atoms with Gasteiger partial charge in [-0.3, -0.25) is 4.40 Å². The highest BCUT2D eigenvalue weighted by molar-refractivity contribution is 5.54. The fraction of sp³-hybridized carbons (Fsp3) is 0. The van der Waals surface area contributed by atoms with Crippen molar-refractivity contribution in [3.8, 4) is 0 Å². The van der Waals surface area contributed by atoms with Crippen molar-refractivity contribution in [1.82, 2.24) is 9.38 Å². The van der Waals surface area contributed by atoms with Crippen molar-refractivity contribution in [1.29, 1.82) is 0 Å². The van der Waals surface area contributed by atoms with Gasteiger partial charge in [-0.15, -0.1) is 0 Å². The minimum absolute atomic E-state index is 0.988. The summed E-state index contributed by atoms with van der Waals surface area (Å²) >= 11 is 0. The van der Waals surface area contributed by atoms with Gasteiger partial charge in [0.1, 0.15) is 5.48 Å². The second-order valence-corrected chi connectivity index (χ2v) is 3.04. The summed E-state index contributed by atoms with van der Waals surface area (Å²) in [7, 11) is 0. The Morgan fingerprint density at radius 1 is 1.00 bits per heavy atom. The Morgan fingerprint density at radius 2 is 1.92 bits per heavy atom. The number of nitrogens with zero attached hydrogens (tertiary/aromatic N) is 2. The molecule has 1 aliphatic rings. The average Bonchev–Trinajstić information content (AvgIpc) is 2.44. The summed E-state index contributed by atoms with van der Waals surface area (Å²) in [4.78, 5) is 4.31. The van der Waals surface area contributed by atoms with Gasteiger partial charge < -0.3 is 0 Å². The summed E-state index contributed by atoms with van der Waals surface area (Å²) in [5.41, 5.74) is 2.18. The van der Waals surface area contributed by atoms with Crippen LogP contribution in [0.4, 0.5) is 0 Å². The molecule has 0 saturated carbocycles. The smallest absolute Gasteiger partial charge is 0.137 e. The summed E-state index contributed by atoms with van der Waals surface area (Å²) < 4.78 is 2.14. The fourth-order valence-corrected chi connectivity index (χ4v) is 1.65. The van der Waals surface area contributed by atoms with Crippen LogP contribution in [0.2, 0.25) is 0 Å². The lowest BCUT2D eigenvalue weighted by Crippen LogP contribution is -2.24. The lowest BCUT2D eigenvalue weighted by molar-refractivity contribution is 0.996. The van der Waals surface area contributed by atoms with E-state index in [2.05, 4.69) is 27.6 Å². The van der Waals surface area contributed by atoms with Crippen LogP contribution in [0, 0.1) is 0 Å². The molecule has 2 nitrogen and oxygen atoms in total. The third kappa shape index (κ3) is 0.855. The van der Waals surface area contributed by atoms with E-state index in [0.717, 1.165) is 5.48 Å². The lowest BCUT2D eigenvalue weighted by Gasteiger charge is -1.93. The Kier molecular flexibility index (Phi) is 1.19. The van der Waals surface area contributed by atoms with E-state index in [1.54, 1.807) is 0 Å². The van der Waals surface area contributed by atoms with E-state index in [4.69, 9.17) is 0 Å². The molecule has 0 N–H and O–H groups in total.